The number of carboxylic acids is 1. The van der Waals surface area contributed by atoms with Gasteiger partial charge in [-0.2, -0.15) is 0 Å². The predicted molar refractivity (Wildman–Crippen MR) is 65.9 cm³/mol. The van der Waals surface area contributed by atoms with E-state index in [1.54, 1.807) is 37.1 Å². The Kier molecular flexibility index (Phi) is 4.88. The summed E-state index contributed by atoms with van der Waals surface area (Å²) in [5.74, 6) is -1.04. The van der Waals surface area contributed by atoms with Crippen LogP contribution >= 0.6 is 0 Å². The van der Waals surface area contributed by atoms with Crippen molar-refractivity contribution in [2.24, 2.45) is 5.41 Å². The van der Waals surface area contributed by atoms with Crippen LogP contribution in [0.4, 0.5) is 0 Å². The number of hydrogen-bond donors (Lipinski definition) is 2. The fourth-order valence-corrected chi connectivity index (χ4v) is 1.38. The first-order valence-corrected chi connectivity index (χ1v) is 5.94. The van der Waals surface area contributed by atoms with Crippen molar-refractivity contribution in [3.8, 4) is 0 Å². The van der Waals surface area contributed by atoms with Crippen molar-refractivity contribution in [1.82, 2.24) is 14.9 Å². The molecule has 100 valence electrons. The van der Waals surface area contributed by atoms with E-state index in [1.807, 2.05) is 0 Å². The van der Waals surface area contributed by atoms with Gasteiger partial charge in [0.15, 0.2) is 0 Å². The highest BCUT2D eigenvalue weighted by atomic mass is 16.4. The number of carboxylic acid groups (broad SMARTS) is 1. The Morgan fingerprint density at radius 1 is 1.50 bits per heavy atom. The van der Waals surface area contributed by atoms with Crippen molar-refractivity contribution in [2.75, 3.05) is 6.54 Å². The Hall–Kier alpha value is -1.85. The summed E-state index contributed by atoms with van der Waals surface area (Å²) in [4.78, 5) is 26.5. The molecule has 18 heavy (non-hydrogen) atoms. The Morgan fingerprint density at radius 2 is 2.22 bits per heavy atom. The Bertz CT molecular complexity index is 403. The van der Waals surface area contributed by atoms with E-state index in [-0.39, 0.29) is 12.5 Å². The second kappa shape index (κ2) is 6.18. The molecule has 1 unspecified atom stereocenters. The minimum atomic E-state index is -0.898. The third-order valence-corrected chi connectivity index (χ3v) is 3.13. The third-order valence-electron chi connectivity index (χ3n) is 3.13. The van der Waals surface area contributed by atoms with Gasteiger partial charge in [0.25, 0.3) is 0 Å². The molecule has 0 fully saturated rings. The second-order valence-corrected chi connectivity index (χ2v) is 4.55. The number of rotatable bonds is 7. The van der Waals surface area contributed by atoms with Gasteiger partial charge < -0.3 is 15.0 Å². The van der Waals surface area contributed by atoms with E-state index in [0.717, 1.165) is 0 Å². The van der Waals surface area contributed by atoms with Crippen LogP contribution in [-0.4, -0.2) is 33.1 Å². The van der Waals surface area contributed by atoms with E-state index in [1.165, 1.54) is 0 Å². The Morgan fingerprint density at radius 3 is 2.72 bits per heavy atom. The normalized spacial score (nSPS) is 13.9. The molecule has 0 aliphatic heterocycles. The maximum atomic E-state index is 11.6. The molecule has 0 aliphatic rings. The number of amides is 1. The molecule has 1 atom stereocenters. The van der Waals surface area contributed by atoms with Crippen molar-refractivity contribution >= 4 is 11.9 Å². The van der Waals surface area contributed by atoms with Crippen LogP contribution in [-0.2, 0) is 16.1 Å². The third kappa shape index (κ3) is 3.87. The SMILES string of the molecule is CCC(C)(CNC(=O)CCn1ccnc1)C(=O)O. The summed E-state index contributed by atoms with van der Waals surface area (Å²) in [6.07, 6.45) is 5.86. The highest BCUT2D eigenvalue weighted by Gasteiger charge is 2.31. The highest BCUT2D eigenvalue weighted by Crippen LogP contribution is 2.19. The van der Waals surface area contributed by atoms with E-state index >= 15 is 0 Å². The van der Waals surface area contributed by atoms with Gasteiger partial charge in [-0.15, -0.1) is 0 Å². The van der Waals surface area contributed by atoms with Gasteiger partial charge in [0.1, 0.15) is 0 Å². The van der Waals surface area contributed by atoms with Gasteiger partial charge in [0.05, 0.1) is 11.7 Å². The van der Waals surface area contributed by atoms with Gasteiger partial charge in [-0.05, 0) is 13.3 Å². The van der Waals surface area contributed by atoms with Crippen LogP contribution in [0.2, 0.25) is 0 Å². The molecule has 0 aromatic carbocycles. The minimum Gasteiger partial charge on any atom is -0.481 e. The average Bonchev–Trinajstić information content (AvgIpc) is 2.86. The van der Waals surface area contributed by atoms with Crippen LogP contribution in [0.15, 0.2) is 18.7 Å². The summed E-state index contributed by atoms with van der Waals surface area (Å²) in [6.45, 7) is 4.13. The lowest BCUT2D eigenvalue weighted by atomic mass is 9.88. The van der Waals surface area contributed by atoms with Gasteiger partial charge in [0.2, 0.25) is 5.91 Å². The molecular formula is C12H19N3O3. The quantitative estimate of drug-likeness (QED) is 0.755. The number of aromatic nitrogens is 2. The molecule has 1 amide bonds. The summed E-state index contributed by atoms with van der Waals surface area (Å²) in [5, 5.41) is 11.7. The standard InChI is InChI=1S/C12H19N3O3/c1-3-12(2,11(17)18)8-14-10(16)4-6-15-7-5-13-9-15/h5,7,9H,3-4,6,8H2,1-2H3,(H,14,16)(H,17,18). The topological polar surface area (TPSA) is 84.2 Å². The zero-order valence-electron chi connectivity index (χ0n) is 10.7. The fraction of sp³-hybridized carbons (Fsp3) is 0.583. The zero-order chi connectivity index (χ0) is 13.6. The van der Waals surface area contributed by atoms with Crippen molar-refractivity contribution < 1.29 is 14.7 Å². The number of aryl methyl sites for hydroxylation is 1. The molecule has 0 bridgehead atoms. The van der Waals surface area contributed by atoms with Crippen molar-refractivity contribution in [3.63, 3.8) is 0 Å². The molecule has 6 heteroatoms. The molecule has 1 rings (SSSR count). The molecule has 0 radical (unpaired) electrons. The Labute approximate surface area is 106 Å². The number of carbonyl (C=O) groups excluding carboxylic acids is 1. The molecule has 1 heterocycles. The van der Waals surface area contributed by atoms with Crippen LogP contribution in [0.25, 0.3) is 0 Å². The van der Waals surface area contributed by atoms with Gasteiger partial charge in [-0.3, -0.25) is 9.59 Å². The molecule has 0 saturated carbocycles. The molecule has 0 saturated heterocycles. The van der Waals surface area contributed by atoms with E-state index in [0.29, 0.717) is 19.4 Å². The van der Waals surface area contributed by atoms with Crippen LogP contribution < -0.4 is 5.32 Å². The second-order valence-electron chi connectivity index (χ2n) is 4.55. The number of imidazole rings is 1. The lowest BCUT2D eigenvalue weighted by Crippen LogP contribution is -2.40. The van der Waals surface area contributed by atoms with E-state index < -0.39 is 11.4 Å². The number of carbonyl (C=O) groups is 2. The number of nitrogens with one attached hydrogen (secondary N) is 1. The summed E-state index contributed by atoms with van der Waals surface area (Å²) >= 11 is 0. The van der Waals surface area contributed by atoms with E-state index in [2.05, 4.69) is 10.3 Å². The molecule has 2 N–H and O–H groups in total. The molecule has 0 spiro atoms. The van der Waals surface area contributed by atoms with Gasteiger partial charge in [-0.1, -0.05) is 6.92 Å². The van der Waals surface area contributed by atoms with Gasteiger partial charge >= 0.3 is 5.97 Å². The number of nitrogens with zero attached hydrogens (tertiary/aromatic N) is 2. The zero-order valence-corrected chi connectivity index (χ0v) is 10.7. The van der Waals surface area contributed by atoms with Crippen molar-refractivity contribution in [1.29, 1.82) is 0 Å². The summed E-state index contributed by atoms with van der Waals surface area (Å²) in [7, 11) is 0. The smallest absolute Gasteiger partial charge is 0.311 e. The van der Waals surface area contributed by atoms with Crippen LogP contribution in [0, 0.1) is 5.41 Å². The van der Waals surface area contributed by atoms with Crippen LogP contribution in [0.1, 0.15) is 26.7 Å². The average molecular weight is 253 g/mol. The lowest BCUT2D eigenvalue weighted by Gasteiger charge is -2.23. The van der Waals surface area contributed by atoms with Crippen LogP contribution in [0.3, 0.4) is 0 Å². The first-order chi connectivity index (χ1) is 8.48. The molecular weight excluding hydrogens is 234 g/mol. The summed E-state index contributed by atoms with van der Waals surface area (Å²) in [6, 6.07) is 0. The molecule has 1 aromatic rings. The monoisotopic (exact) mass is 253 g/mol. The maximum absolute atomic E-state index is 11.6. The van der Waals surface area contributed by atoms with Gasteiger partial charge in [0, 0.05) is 31.9 Å². The van der Waals surface area contributed by atoms with Gasteiger partial charge in [-0.25, -0.2) is 4.98 Å². The van der Waals surface area contributed by atoms with Crippen molar-refractivity contribution in [2.45, 2.75) is 33.2 Å². The summed E-state index contributed by atoms with van der Waals surface area (Å²) < 4.78 is 1.80. The Balaban J connectivity index is 2.34. The molecule has 1 aromatic heterocycles. The first kappa shape index (κ1) is 14.2. The number of aliphatic carboxylic acids is 1. The predicted octanol–water partition coefficient (Wildman–Crippen LogP) is 0.890. The number of hydrogen-bond acceptors (Lipinski definition) is 3. The largest absolute Gasteiger partial charge is 0.481 e. The lowest BCUT2D eigenvalue weighted by molar-refractivity contribution is -0.148. The van der Waals surface area contributed by atoms with Crippen LogP contribution in [0.5, 0.6) is 0 Å². The van der Waals surface area contributed by atoms with Crippen molar-refractivity contribution in [3.05, 3.63) is 18.7 Å². The highest BCUT2D eigenvalue weighted by molar-refractivity contribution is 5.78. The minimum absolute atomic E-state index is 0.148. The molecule has 0 aliphatic carbocycles. The van der Waals surface area contributed by atoms with E-state index in [4.69, 9.17) is 5.11 Å². The summed E-state index contributed by atoms with van der Waals surface area (Å²) in [5.41, 5.74) is -0.898. The van der Waals surface area contributed by atoms with E-state index in [9.17, 15) is 9.59 Å². The fourth-order valence-electron chi connectivity index (χ4n) is 1.38. The molecule has 6 nitrogen and oxygen atoms in total. The first-order valence-electron chi connectivity index (χ1n) is 5.94. The maximum Gasteiger partial charge on any atom is 0.311 e.